The largest absolute Gasteiger partial charge is 0.484 e. The molecule has 0 atom stereocenters. The average Bonchev–Trinajstić information content (AvgIpc) is 2.37. The van der Waals surface area contributed by atoms with Crippen molar-refractivity contribution in [2.75, 3.05) is 26.3 Å². The number of aliphatic hydroxyl groups excluding tert-OH is 1. The Bertz CT molecular complexity index is 361. The zero-order valence-electron chi connectivity index (χ0n) is 10.4. The first-order valence-corrected chi connectivity index (χ1v) is 6.73. The zero-order valence-corrected chi connectivity index (χ0v) is 12.0. The van der Waals surface area contributed by atoms with Crippen LogP contribution in [0.1, 0.15) is 13.3 Å². The van der Waals surface area contributed by atoms with E-state index >= 15 is 0 Å². The molecule has 0 aromatic heterocycles. The molecule has 1 rings (SSSR count). The summed E-state index contributed by atoms with van der Waals surface area (Å²) in [5.41, 5.74) is 0. The molecule has 0 bridgehead atoms. The lowest BCUT2D eigenvalue weighted by molar-refractivity contribution is -0.133. The Hall–Kier alpha value is -1.07. The minimum Gasteiger partial charge on any atom is -0.484 e. The van der Waals surface area contributed by atoms with E-state index in [0.717, 1.165) is 10.9 Å². The van der Waals surface area contributed by atoms with E-state index in [2.05, 4.69) is 15.9 Å². The summed E-state index contributed by atoms with van der Waals surface area (Å²) < 4.78 is 6.37. The van der Waals surface area contributed by atoms with Gasteiger partial charge in [0.1, 0.15) is 5.75 Å². The number of ether oxygens (including phenoxy) is 1. The number of rotatable bonds is 7. The van der Waals surface area contributed by atoms with Crippen LogP contribution in [-0.2, 0) is 4.79 Å². The smallest absolute Gasteiger partial charge is 0.260 e. The Balaban J connectivity index is 2.45. The number of hydrogen-bond acceptors (Lipinski definition) is 3. The van der Waals surface area contributed by atoms with Crippen LogP contribution in [0.2, 0.25) is 0 Å². The summed E-state index contributed by atoms with van der Waals surface area (Å²) in [6, 6.07) is 7.32. The first-order valence-electron chi connectivity index (χ1n) is 5.94. The molecule has 100 valence electrons. The van der Waals surface area contributed by atoms with Crippen molar-refractivity contribution in [1.29, 1.82) is 0 Å². The summed E-state index contributed by atoms with van der Waals surface area (Å²) in [6.07, 6.45) is 0.865. The van der Waals surface area contributed by atoms with Crippen molar-refractivity contribution in [3.63, 3.8) is 0 Å². The quantitative estimate of drug-likeness (QED) is 0.838. The van der Waals surface area contributed by atoms with Gasteiger partial charge in [0.15, 0.2) is 6.61 Å². The number of carbonyl (C=O) groups excluding carboxylic acids is 1. The molecule has 0 unspecified atom stereocenters. The second-order valence-electron chi connectivity index (χ2n) is 3.85. The number of benzene rings is 1. The highest BCUT2D eigenvalue weighted by molar-refractivity contribution is 9.10. The van der Waals surface area contributed by atoms with Crippen LogP contribution in [-0.4, -0.2) is 42.2 Å². The summed E-state index contributed by atoms with van der Waals surface area (Å²) in [5.74, 6) is 0.556. The molecule has 0 aliphatic heterocycles. The molecule has 1 aromatic carbocycles. The lowest BCUT2D eigenvalue weighted by Crippen LogP contribution is -2.37. The third kappa shape index (κ3) is 5.06. The van der Waals surface area contributed by atoms with Gasteiger partial charge in [0.05, 0.1) is 6.61 Å². The highest BCUT2D eigenvalue weighted by Gasteiger charge is 2.12. The van der Waals surface area contributed by atoms with Crippen molar-refractivity contribution >= 4 is 21.8 Å². The fraction of sp³-hybridized carbons (Fsp3) is 0.462. The van der Waals surface area contributed by atoms with Crippen molar-refractivity contribution < 1.29 is 14.6 Å². The van der Waals surface area contributed by atoms with Crippen LogP contribution in [0.4, 0.5) is 0 Å². The van der Waals surface area contributed by atoms with Gasteiger partial charge in [-0.05, 0) is 30.7 Å². The van der Waals surface area contributed by atoms with Gasteiger partial charge in [-0.15, -0.1) is 0 Å². The number of nitrogens with zero attached hydrogens (tertiary/aromatic N) is 1. The van der Waals surface area contributed by atoms with Crippen LogP contribution < -0.4 is 4.74 Å². The molecule has 1 aromatic rings. The van der Waals surface area contributed by atoms with Gasteiger partial charge >= 0.3 is 0 Å². The fourth-order valence-electron chi connectivity index (χ4n) is 1.52. The molecule has 0 saturated heterocycles. The number of aliphatic hydroxyl groups is 1. The summed E-state index contributed by atoms with van der Waals surface area (Å²) in [7, 11) is 0. The number of amides is 1. The molecule has 0 aliphatic rings. The highest BCUT2D eigenvalue weighted by Crippen LogP contribution is 2.16. The van der Waals surface area contributed by atoms with Crippen molar-refractivity contribution in [3.8, 4) is 5.75 Å². The first kappa shape index (κ1) is 15.0. The van der Waals surface area contributed by atoms with Crippen LogP contribution in [0.3, 0.4) is 0 Å². The van der Waals surface area contributed by atoms with E-state index in [1.54, 1.807) is 17.0 Å². The van der Waals surface area contributed by atoms with Crippen LogP contribution in [0.25, 0.3) is 0 Å². The van der Waals surface area contributed by atoms with Gasteiger partial charge in [-0.3, -0.25) is 4.79 Å². The van der Waals surface area contributed by atoms with Crippen LogP contribution in [0, 0.1) is 0 Å². The van der Waals surface area contributed by atoms with E-state index in [1.807, 2.05) is 19.1 Å². The van der Waals surface area contributed by atoms with E-state index in [-0.39, 0.29) is 19.1 Å². The van der Waals surface area contributed by atoms with Crippen molar-refractivity contribution in [2.45, 2.75) is 13.3 Å². The van der Waals surface area contributed by atoms with Crippen molar-refractivity contribution in [2.24, 2.45) is 0 Å². The predicted octanol–water partition coefficient (Wildman–Crippen LogP) is 2.06. The molecule has 0 fully saturated rings. The lowest BCUT2D eigenvalue weighted by atomic mass is 10.3. The van der Waals surface area contributed by atoms with Crippen LogP contribution in [0.15, 0.2) is 28.7 Å². The van der Waals surface area contributed by atoms with Crippen molar-refractivity contribution in [1.82, 2.24) is 4.90 Å². The Morgan fingerprint density at radius 2 is 2.00 bits per heavy atom. The minimum absolute atomic E-state index is 0.00162. The third-order valence-corrected chi connectivity index (χ3v) is 2.92. The summed E-state index contributed by atoms with van der Waals surface area (Å²) in [6.45, 7) is 2.97. The molecular formula is C13H18BrNO3. The first-order chi connectivity index (χ1) is 8.67. The molecule has 0 spiro atoms. The second kappa shape index (κ2) is 8.11. The average molecular weight is 316 g/mol. The van der Waals surface area contributed by atoms with Gasteiger partial charge in [0.2, 0.25) is 0 Å². The lowest BCUT2D eigenvalue weighted by Gasteiger charge is -2.21. The molecule has 0 heterocycles. The minimum atomic E-state index is -0.103. The molecule has 0 radical (unpaired) electrons. The van der Waals surface area contributed by atoms with E-state index < -0.39 is 0 Å². The van der Waals surface area contributed by atoms with Gasteiger partial charge in [-0.1, -0.05) is 22.9 Å². The summed E-state index contributed by atoms with van der Waals surface area (Å²) >= 11 is 3.33. The maximum atomic E-state index is 11.8. The fourth-order valence-corrected chi connectivity index (χ4v) is 1.78. The van der Waals surface area contributed by atoms with E-state index in [9.17, 15) is 4.79 Å². The second-order valence-corrected chi connectivity index (χ2v) is 4.76. The van der Waals surface area contributed by atoms with Gasteiger partial charge < -0.3 is 14.7 Å². The monoisotopic (exact) mass is 315 g/mol. The molecule has 5 heteroatoms. The highest BCUT2D eigenvalue weighted by atomic mass is 79.9. The van der Waals surface area contributed by atoms with Crippen molar-refractivity contribution in [3.05, 3.63) is 28.7 Å². The molecule has 1 N–H and O–H groups in total. The Morgan fingerprint density at radius 3 is 2.56 bits per heavy atom. The summed E-state index contributed by atoms with van der Waals surface area (Å²) in [5, 5.41) is 8.89. The molecule has 1 amide bonds. The van der Waals surface area contributed by atoms with E-state index in [4.69, 9.17) is 9.84 Å². The van der Waals surface area contributed by atoms with E-state index in [0.29, 0.717) is 18.8 Å². The number of carbonyl (C=O) groups is 1. The Labute approximate surface area is 116 Å². The SMILES string of the molecule is CCCN(CCO)C(=O)COc1ccc(Br)cc1. The van der Waals surface area contributed by atoms with Gasteiger partial charge in [0.25, 0.3) is 5.91 Å². The van der Waals surface area contributed by atoms with Gasteiger partial charge in [-0.2, -0.15) is 0 Å². The Kier molecular flexibility index (Phi) is 6.75. The van der Waals surface area contributed by atoms with Gasteiger partial charge in [0, 0.05) is 17.6 Å². The third-order valence-electron chi connectivity index (χ3n) is 2.39. The molecule has 0 aliphatic carbocycles. The maximum absolute atomic E-state index is 11.8. The molecule has 4 nitrogen and oxygen atoms in total. The molecular weight excluding hydrogens is 298 g/mol. The van der Waals surface area contributed by atoms with E-state index in [1.165, 1.54) is 0 Å². The van der Waals surface area contributed by atoms with Gasteiger partial charge in [-0.25, -0.2) is 0 Å². The van der Waals surface area contributed by atoms with Crippen LogP contribution >= 0.6 is 15.9 Å². The topological polar surface area (TPSA) is 49.8 Å². The predicted molar refractivity (Wildman–Crippen MR) is 73.6 cm³/mol. The summed E-state index contributed by atoms with van der Waals surface area (Å²) in [4.78, 5) is 13.5. The molecule has 18 heavy (non-hydrogen) atoms. The molecule has 0 saturated carbocycles. The maximum Gasteiger partial charge on any atom is 0.260 e. The Morgan fingerprint density at radius 1 is 1.33 bits per heavy atom. The number of halogens is 1. The number of hydrogen-bond donors (Lipinski definition) is 1. The normalized spacial score (nSPS) is 10.2. The standard InChI is InChI=1S/C13H18BrNO3/c1-2-7-15(8-9-16)13(17)10-18-12-5-3-11(14)4-6-12/h3-6,16H,2,7-10H2,1H3. The zero-order chi connectivity index (χ0) is 13.4. The van der Waals surface area contributed by atoms with Crippen LogP contribution in [0.5, 0.6) is 5.75 Å².